The summed E-state index contributed by atoms with van der Waals surface area (Å²) >= 11 is 0. The Bertz CT molecular complexity index is 1240. The van der Waals surface area contributed by atoms with Crippen LogP contribution in [0.4, 0.5) is 13.2 Å². The zero-order valence-corrected chi connectivity index (χ0v) is 17.2. The van der Waals surface area contributed by atoms with Crippen LogP contribution in [-0.4, -0.2) is 47.4 Å². The topological polar surface area (TPSA) is 92.1 Å². The fourth-order valence-electron chi connectivity index (χ4n) is 3.51. The third-order valence-electron chi connectivity index (χ3n) is 5.14. The van der Waals surface area contributed by atoms with Crippen molar-refractivity contribution in [3.8, 4) is 0 Å². The number of fused-ring (bicyclic) bond motifs is 2. The van der Waals surface area contributed by atoms with E-state index >= 15 is 0 Å². The molecule has 8 nitrogen and oxygen atoms in total. The second-order valence-electron chi connectivity index (χ2n) is 7.36. The number of carbonyl (C=O) groups excluding carboxylic acids is 1. The first-order valence-corrected chi connectivity index (χ1v) is 9.61. The fraction of sp³-hybridized carbons (Fsp3) is 0.350. The van der Waals surface area contributed by atoms with E-state index in [0.29, 0.717) is 35.7 Å². The van der Waals surface area contributed by atoms with Gasteiger partial charge in [0.15, 0.2) is 0 Å². The summed E-state index contributed by atoms with van der Waals surface area (Å²) in [5.41, 5.74) is 3.42. The van der Waals surface area contributed by atoms with Crippen molar-refractivity contribution in [3.63, 3.8) is 0 Å². The Kier molecular flexibility index (Phi) is 5.11. The Labute approximate surface area is 175 Å². The molecule has 0 aliphatic heterocycles. The van der Waals surface area contributed by atoms with Crippen LogP contribution in [0.1, 0.15) is 35.0 Å². The van der Waals surface area contributed by atoms with E-state index in [1.54, 1.807) is 25.8 Å². The second kappa shape index (κ2) is 7.64. The van der Waals surface area contributed by atoms with Gasteiger partial charge in [-0.2, -0.15) is 18.2 Å². The van der Waals surface area contributed by atoms with Gasteiger partial charge in [-0.15, -0.1) is 5.10 Å². The summed E-state index contributed by atoms with van der Waals surface area (Å²) in [5.74, 6) is -0.788. The molecule has 4 aromatic rings. The number of alkyl halides is 3. The molecule has 3 aromatic heterocycles. The summed E-state index contributed by atoms with van der Waals surface area (Å²) in [6, 6.07) is 7.60. The Balaban J connectivity index is 1.48. The molecule has 1 aromatic carbocycles. The van der Waals surface area contributed by atoms with Gasteiger partial charge < -0.3 is 9.88 Å². The summed E-state index contributed by atoms with van der Waals surface area (Å²) in [6.07, 6.45) is -4.15. The molecule has 0 aliphatic rings. The van der Waals surface area contributed by atoms with Crippen LogP contribution in [-0.2, 0) is 23.9 Å². The first-order chi connectivity index (χ1) is 14.6. The Hall–Kier alpha value is -3.50. The SMILES string of the molecule is Cc1nc2nc(C(F)(F)F)nn2c(C)c1CCC(=O)N(C)Cc1nc2ccccc2[nH]1. The van der Waals surface area contributed by atoms with Crippen molar-refractivity contribution in [2.45, 2.75) is 39.4 Å². The minimum Gasteiger partial charge on any atom is -0.340 e. The van der Waals surface area contributed by atoms with Crippen molar-refractivity contribution in [1.82, 2.24) is 34.4 Å². The average molecular weight is 431 g/mol. The quantitative estimate of drug-likeness (QED) is 0.524. The molecule has 0 bridgehead atoms. The monoisotopic (exact) mass is 431 g/mol. The zero-order chi connectivity index (χ0) is 22.3. The lowest BCUT2D eigenvalue weighted by atomic mass is 10.1. The van der Waals surface area contributed by atoms with Gasteiger partial charge in [0.25, 0.3) is 11.6 Å². The van der Waals surface area contributed by atoms with E-state index in [9.17, 15) is 18.0 Å². The molecule has 11 heteroatoms. The number of hydrogen-bond acceptors (Lipinski definition) is 5. The lowest BCUT2D eigenvalue weighted by Crippen LogP contribution is -2.27. The first-order valence-electron chi connectivity index (χ1n) is 9.61. The lowest BCUT2D eigenvalue weighted by molar-refractivity contribution is -0.144. The summed E-state index contributed by atoms with van der Waals surface area (Å²) in [6.45, 7) is 3.65. The molecule has 31 heavy (non-hydrogen) atoms. The predicted molar refractivity (Wildman–Crippen MR) is 106 cm³/mol. The van der Waals surface area contributed by atoms with Crippen molar-refractivity contribution in [2.24, 2.45) is 0 Å². The minimum atomic E-state index is -4.65. The van der Waals surface area contributed by atoms with Gasteiger partial charge in [-0.25, -0.2) is 14.5 Å². The highest BCUT2D eigenvalue weighted by molar-refractivity contribution is 5.77. The van der Waals surface area contributed by atoms with E-state index in [4.69, 9.17) is 0 Å². The van der Waals surface area contributed by atoms with Crippen molar-refractivity contribution < 1.29 is 18.0 Å². The number of aryl methyl sites for hydroxylation is 2. The van der Waals surface area contributed by atoms with E-state index in [0.717, 1.165) is 15.5 Å². The maximum absolute atomic E-state index is 12.9. The third-order valence-corrected chi connectivity index (χ3v) is 5.14. The van der Waals surface area contributed by atoms with E-state index in [1.807, 2.05) is 24.3 Å². The average Bonchev–Trinajstić information content (AvgIpc) is 3.30. The van der Waals surface area contributed by atoms with Crippen LogP contribution in [0.5, 0.6) is 0 Å². The number of nitrogens with one attached hydrogen (secondary N) is 1. The van der Waals surface area contributed by atoms with Gasteiger partial charge in [-0.3, -0.25) is 4.79 Å². The van der Waals surface area contributed by atoms with Gasteiger partial charge in [0.1, 0.15) is 5.82 Å². The molecule has 0 saturated heterocycles. The minimum absolute atomic E-state index is 0.112. The number of rotatable bonds is 5. The van der Waals surface area contributed by atoms with Crippen LogP contribution >= 0.6 is 0 Å². The number of H-pyrrole nitrogens is 1. The number of halogens is 3. The molecule has 4 rings (SSSR count). The second-order valence-corrected chi connectivity index (χ2v) is 7.36. The molecule has 0 radical (unpaired) electrons. The molecule has 0 fully saturated rings. The van der Waals surface area contributed by atoms with Crippen LogP contribution < -0.4 is 0 Å². The maximum atomic E-state index is 12.9. The molecule has 0 atom stereocenters. The Morgan fingerprint density at radius 3 is 2.61 bits per heavy atom. The molecule has 1 amide bonds. The molecule has 0 spiro atoms. The normalized spacial score (nSPS) is 12.1. The molecule has 1 N–H and O–H groups in total. The van der Waals surface area contributed by atoms with Crippen LogP contribution in [0.25, 0.3) is 16.8 Å². The van der Waals surface area contributed by atoms with Gasteiger partial charge in [0.2, 0.25) is 5.91 Å². The molecular weight excluding hydrogens is 411 g/mol. The van der Waals surface area contributed by atoms with Crippen molar-refractivity contribution in [2.75, 3.05) is 7.05 Å². The summed E-state index contributed by atoms with van der Waals surface area (Å²) in [4.78, 5) is 29.4. The fourth-order valence-corrected chi connectivity index (χ4v) is 3.51. The summed E-state index contributed by atoms with van der Waals surface area (Å²) in [5, 5.41) is 3.53. The zero-order valence-electron chi connectivity index (χ0n) is 17.2. The van der Waals surface area contributed by atoms with E-state index in [2.05, 4.69) is 25.0 Å². The maximum Gasteiger partial charge on any atom is 0.453 e. The van der Waals surface area contributed by atoms with Crippen LogP contribution in [0, 0.1) is 13.8 Å². The highest BCUT2D eigenvalue weighted by atomic mass is 19.4. The first kappa shape index (κ1) is 20.8. The number of aromatic nitrogens is 6. The van der Waals surface area contributed by atoms with Gasteiger partial charge in [0, 0.05) is 24.9 Å². The van der Waals surface area contributed by atoms with Crippen LogP contribution in [0.3, 0.4) is 0 Å². The van der Waals surface area contributed by atoms with Gasteiger partial charge in [-0.1, -0.05) is 12.1 Å². The number of imidazole rings is 1. The lowest BCUT2D eigenvalue weighted by Gasteiger charge is -2.16. The predicted octanol–water partition coefficient (Wildman–Crippen LogP) is 3.23. The number of amides is 1. The van der Waals surface area contributed by atoms with Crippen LogP contribution in [0.2, 0.25) is 0 Å². The highest BCUT2D eigenvalue weighted by Gasteiger charge is 2.37. The molecule has 3 heterocycles. The molecule has 0 saturated carbocycles. The summed E-state index contributed by atoms with van der Waals surface area (Å²) < 4.78 is 39.9. The van der Waals surface area contributed by atoms with Crippen LogP contribution in [0.15, 0.2) is 24.3 Å². The summed E-state index contributed by atoms with van der Waals surface area (Å²) in [7, 11) is 1.68. The van der Waals surface area contributed by atoms with E-state index in [1.165, 1.54) is 0 Å². The largest absolute Gasteiger partial charge is 0.453 e. The number of carbonyl (C=O) groups is 1. The number of nitrogens with zero attached hydrogens (tertiary/aromatic N) is 6. The number of para-hydroxylation sites is 2. The highest BCUT2D eigenvalue weighted by Crippen LogP contribution is 2.27. The molecule has 162 valence electrons. The number of hydrogen-bond donors (Lipinski definition) is 1. The molecular formula is C20H20F3N7O. The number of aromatic amines is 1. The van der Waals surface area contributed by atoms with E-state index in [-0.39, 0.29) is 18.1 Å². The molecule has 0 aliphatic carbocycles. The van der Waals surface area contributed by atoms with Crippen molar-refractivity contribution in [1.29, 1.82) is 0 Å². The van der Waals surface area contributed by atoms with E-state index < -0.39 is 12.0 Å². The molecule has 0 unspecified atom stereocenters. The van der Waals surface area contributed by atoms with Crippen molar-refractivity contribution in [3.05, 3.63) is 52.9 Å². The smallest absolute Gasteiger partial charge is 0.340 e. The van der Waals surface area contributed by atoms with Gasteiger partial charge in [-0.05, 0) is 38.0 Å². The Morgan fingerprint density at radius 2 is 1.90 bits per heavy atom. The Morgan fingerprint density at radius 1 is 1.16 bits per heavy atom. The van der Waals surface area contributed by atoms with Crippen molar-refractivity contribution >= 4 is 22.7 Å². The van der Waals surface area contributed by atoms with Gasteiger partial charge >= 0.3 is 6.18 Å². The third kappa shape index (κ3) is 4.07. The van der Waals surface area contributed by atoms with Gasteiger partial charge in [0.05, 0.1) is 17.6 Å². The standard InChI is InChI=1S/C20H20F3N7O/c1-11-13(12(2)30-19(24-11)27-18(28-30)20(21,22)23)8-9-17(31)29(3)10-16-25-14-6-4-5-7-15(14)26-16/h4-7H,8-10H2,1-3H3,(H,25,26). The number of benzene rings is 1.